The molecule has 31 heavy (non-hydrogen) atoms. The second kappa shape index (κ2) is 8.66. The molecule has 3 aromatic rings. The van der Waals surface area contributed by atoms with Crippen molar-refractivity contribution < 1.29 is 22.0 Å². The summed E-state index contributed by atoms with van der Waals surface area (Å²) in [5.74, 6) is -6.45. The number of hydrogen-bond acceptors (Lipinski definition) is 0. The van der Waals surface area contributed by atoms with E-state index < -0.39 is 34.6 Å². The minimum Gasteiger partial charge on any atom is -0.206 e. The van der Waals surface area contributed by atoms with E-state index in [1.54, 1.807) is 0 Å². The van der Waals surface area contributed by atoms with Crippen LogP contribution in [0.2, 0.25) is 0 Å². The third-order valence-corrected chi connectivity index (χ3v) is 5.76. The minimum absolute atomic E-state index is 0.230. The van der Waals surface area contributed by atoms with Crippen LogP contribution in [0.15, 0.2) is 48.5 Å². The molecule has 0 nitrogen and oxygen atoms in total. The molecule has 0 spiro atoms. The molecule has 0 fully saturated rings. The molecule has 3 aromatic carbocycles. The van der Waals surface area contributed by atoms with Gasteiger partial charge in [0.05, 0.1) is 5.56 Å². The Bertz CT molecular complexity index is 1140. The maximum Gasteiger partial charge on any atom is 0.194 e. The fourth-order valence-corrected chi connectivity index (χ4v) is 4.04. The summed E-state index contributed by atoms with van der Waals surface area (Å²) in [6.45, 7) is 2.14. The van der Waals surface area contributed by atoms with E-state index in [4.69, 9.17) is 0 Å². The highest BCUT2D eigenvalue weighted by Gasteiger charge is 2.24. The van der Waals surface area contributed by atoms with E-state index in [2.05, 4.69) is 19.1 Å². The lowest BCUT2D eigenvalue weighted by molar-refractivity contribution is 0.447. The summed E-state index contributed by atoms with van der Waals surface area (Å²) in [7, 11) is 0. The highest BCUT2D eigenvalue weighted by atomic mass is 19.2. The van der Waals surface area contributed by atoms with Crippen LogP contribution in [0.25, 0.3) is 16.7 Å². The average molecular weight is 428 g/mol. The first-order chi connectivity index (χ1) is 14.9. The maximum absolute atomic E-state index is 15.2. The molecule has 0 amide bonds. The lowest BCUT2D eigenvalue weighted by Crippen LogP contribution is -2.09. The molecule has 0 bridgehead atoms. The van der Waals surface area contributed by atoms with Gasteiger partial charge in [0.15, 0.2) is 17.5 Å². The Kier molecular flexibility index (Phi) is 5.94. The van der Waals surface area contributed by atoms with Gasteiger partial charge in [-0.05, 0) is 77.3 Å². The topological polar surface area (TPSA) is 0 Å². The Morgan fingerprint density at radius 1 is 0.774 bits per heavy atom. The number of unbranched alkanes of at least 4 members (excludes halogenated alkanes) is 1. The zero-order chi connectivity index (χ0) is 22.1. The van der Waals surface area contributed by atoms with Gasteiger partial charge in [-0.1, -0.05) is 43.7 Å². The molecule has 4 rings (SSSR count). The van der Waals surface area contributed by atoms with Crippen molar-refractivity contribution in [1.82, 2.24) is 0 Å². The van der Waals surface area contributed by atoms with Crippen LogP contribution in [-0.2, 0) is 19.3 Å². The Hall–Kier alpha value is -2.95. The summed E-state index contributed by atoms with van der Waals surface area (Å²) in [5.41, 5.74) is 3.08. The largest absolute Gasteiger partial charge is 0.206 e. The number of benzene rings is 3. The molecule has 0 atom stereocenters. The van der Waals surface area contributed by atoms with E-state index in [9.17, 15) is 17.6 Å². The van der Waals surface area contributed by atoms with Gasteiger partial charge >= 0.3 is 0 Å². The van der Waals surface area contributed by atoms with Gasteiger partial charge in [0, 0.05) is 0 Å². The van der Waals surface area contributed by atoms with E-state index in [1.165, 1.54) is 11.6 Å². The zero-order valence-electron chi connectivity index (χ0n) is 17.0. The molecule has 0 heterocycles. The van der Waals surface area contributed by atoms with Crippen molar-refractivity contribution in [2.75, 3.05) is 0 Å². The molecule has 0 saturated heterocycles. The number of rotatable bonds is 5. The van der Waals surface area contributed by atoms with Crippen molar-refractivity contribution in [3.8, 4) is 11.1 Å². The average Bonchev–Trinajstić information content (AvgIpc) is 2.76. The lowest BCUT2D eigenvalue weighted by Gasteiger charge is -2.20. The molecule has 0 N–H and O–H groups in total. The quantitative estimate of drug-likeness (QED) is 0.290. The predicted octanol–water partition coefficient (Wildman–Crippen LogP) is 7.57. The molecule has 1 aliphatic carbocycles. The number of fused-ring (bicyclic) bond motifs is 1. The van der Waals surface area contributed by atoms with Gasteiger partial charge < -0.3 is 0 Å². The maximum atomic E-state index is 15.2. The third kappa shape index (κ3) is 4.14. The van der Waals surface area contributed by atoms with Crippen LogP contribution < -0.4 is 0 Å². The molecule has 0 unspecified atom stereocenters. The van der Waals surface area contributed by atoms with Crippen molar-refractivity contribution in [3.05, 3.63) is 99.9 Å². The highest BCUT2D eigenvalue weighted by Crippen LogP contribution is 2.36. The van der Waals surface area contributed by atoms with Crippen LogP contribution in [0.4, 0.5) is 22.0 Å². The van der Waals surface area contributed by atoms with Crippen molar-refractivity contribution >= 4 is 5.57 Å². The van der Waals surface area contributed by atoms with E-state index in [1.807, 2.05) is 18.2 Å². The molecule has 0 saturated carbocycles. The Morgan fingerprint density at radius 2 is 1.45 bits per heavy atom. The molecule has 160 valence electrons. The predicted molar refractivity (Wildman–Crippen MR) is 112 cm³/mol. The molecular formula is C26H21F5. The van der Waals surface area contributed by atoms with Gasteiger partial charge in [-0.15, -0.1) is 0 Å². The first-order valence-corrected chi connectivity index (χ1v) is 10.3. The van der Waals surface area contributed by atoms with Gasteiger partial charge in [-0.2, -0.15) is 0 Å². The van der Waals surface area contributed by atoms with Crippen molar-refractivity contribution in [3.63, 3.8) is 0 Å². The molecule has 5 heteroatoms. The summed E-state index contributed by atoms with van der Waals surface area (Å²) >= 11 is 0. The SMILES string of the molecule is CCCCc1ccc(C2=CCc3c(cc(F)c(-c4cc(F)c(F)c(F)c4)c3F)C2)cc1. The monoisotopic (exact) mass is 428 g/mol. The van der Waals surface area contributed by atoms with Crippen LogP contribution in [0.3, 0.4) is 0 Å². The smallest absolute Gasteiger partial charge is 0.194 e. The van der Waals surface area contributed by atoms with Crippen molar-refractivity contribution in [1.29, 1.82) is 0 Å². The summed E-state index contributed by atoms with van der Waals surface area (Å²) in [6, 6.07) is 10.6. The Balaban J connectivity index is 1.66. The Labute approximate surface area is 178 Å². The summed E-state index contributed by atoms with van der Waals surface area (Å²) < 4.78 is 70.4. The standard InChI is InChI=1S/C26H21F5/c1-2-3-4-15-5-7-16(8-6-15)17-9-10-20-18(11-17)12-21(27)24(25(20)30)19-13-22(28)26(31)23(29)14-19/h5-9,12-14H,2-4,10-11H2,1H3. The number of hydrogen-bond donors (Lipinski definition) is 0. The minimum atomic E-state index is -1.67. The summed E-state index contributed by atoms with van der Waals surface area (Å²) in [4.78, 5) is 0. The number of allylic oxidation sites excluding steroid dienone is 2. The van der Waals surface area contributed by atoms with Gasteiger partial charge in [0.25, 0.3) is 0 Å². The number of aryl methyl sites for hydroxylation is 1. The number of halogens is 5. The van der Waals surface area contributed by atoms with Crippen LogP contribution in [0.5, 0.6) is 0 Å². The third-order valence-electron chi connectivity index (χ3n) is 5.76. The lowest BCUT2D eigenvalue weighted by atomic mass is 9.85. The van der Waals surface area contributed by atoms with Crippen LogP contribution in [0, 0.1) is 29.1 Å². The van der Waals surface area contributed by atoms with Crippen LogP contribution in [-0.4, -0.2) is 0 Å². The van der Waals surface area contributed by atoms with E-state index in [0.29, 0.717) is 24.1 Å². The van der Waals surface area contributed by atoms with Crippen molar-refractivity contribution in [2.24, 2.45) is 0 Å². The fourth-order valence-electron chi connectivity index (χ4n) is 4.04. The second-order valence-corrected chi connectivity index (χ2v) is 7.85. The van der Waals surface area contributed by atoms with Crippen molar-refractivity contribution in [2.45, 2.75) is 39.0 Å². The summed E-state index contributed by atoms with van der Waals surface area (Å²) in [6.07, 6.45) is 5.73. The van der Waals surface area contributed by atoms with Gasteiger partial charge in [0.2, 0.25) is 0 Å². The van der Waals surface area contributed by atoms with Gasteiger partial charge in [-0.25, -0.2) is 22.0 Å². The highest BCUT2D eigenvalue weighted by molar-refractivity contribution is 5.73. The van der Waals surface area contributed by atoms with Crippen LogP contribution >= 0.6 is 0 Å². The van der Waals surface area contributed by atoms with Gasteiger partial charge in [-0.3, -0.25) is 0 Å². The Morgan fingerprint density at radius 3 is 2.10 bits per heavy atom. The first-order valence-electron chi connectivity index (χ1n) is 10.3. The molecule has 1 aliphatic rings. The first kappa shape index (κ1) is 21.3. The van der Waals surface area contributed by atoms with Crippen LogP contribution in [0.1, 0.15) is 42.0 Å². The molecule has 0 aliphatic heterocycles. The summed E-state index contributed by atoms with van der Waals surface area (Å²) in [5, 5.41) is 0. The van der Waals surface area contributed by atoms with E-state index >= 15 is 4.39 Å². The molecular weight excluding hydrogens is 407 g/mol. The van der Waals surface area contributed by atoms with Gasteiger partial charge in [0.1, 0.15) is 11.6 Å². The molecule has 0 radical (unpaired) electrons. The van der Waals surface area contributed by atoms with E-state index in [-0.39, 0.29) is 17.5 Å². The normalized spacial score (nSPS) is 13.2. The zero-order valence-corrected chi connectivity index (χ0v) is 17.0. The fraction of sp³-hybridized carbons (Fsp3) is 0.231. The second-order valence-electron chi connectivity index (χ2n) is 7.85. The molecule has 0 aromatic heterocycles. The van der Waals surface area contributed by atoms with E-state index in [0.717, 1.165) is 30.4 Å².